The minimum atomic E-state index is -0.415. The van der Waals surface area contributed by atoms with Crippen LogP contribution in [0.1, 0.15) is 33.4 Å². The standard InChI is InChI=1S/C45H30N2/c1-27-18-22-41-38(24-27)45(36-15-6-3-10-30(36)31-11-4-7-16-37(31)45)39-25-28(2)19-23-42(39)46(41)29-20-21-33-35-14-9-13-34-32-12-5-8-17-40(32)47(44(34)35)43(33)26-29/h3-26H,1-2H3. The molecule has 11 rings (SSSR count). The molecule has 3 heterocycles. The van der Waals surface area contributed by atoms with Gasteiger partial charge in [0.2, 0.25) is 0 Å². The Morgan fingerprint density at radius 3 is 1.64 bits per heavy atom. The summed E-state index contributed by atoms with van der Waals surface area (Å²) in [7, 11) is 0. The summed E-state index contributed by atoms with van der Waals surface area (Å²) >= 11 is 0. The molecule has 0 fully saturated rings. The number of hydrogen-bond donors (Lipinski definition) is 0. The topological polar surface area (TPSA) is 7.65 Å². The average molecular weight is 599 g/mol. The largest absolute Gasteiger partial charge is 0.310 e. The van der Waals surface area contributed by atoms with Crippen molar-refractivity contribution < 1.29 is 0 Å². The molecule has 1 aliphatic carbocycles. The number of aryl methyl sites for hydroxylation is 2. The molecule has 0 saturated heterocycles. The van der Waals surface area contributed by atoms with Crippen LogP contribution in [0.3, 0.4) is 0 Å². The molecule has 1 spiro atoms. The van der Waals surface area contributed by atoms with Crippen molar-refractivity contribution in [3.05, 3.63) is 179 Å². The zero-order chi connectivity index (χ0) is 31.0. The maximum atomic E-state index is 2.52. The molecular formula is C45H30N2. The first-order valence-electron chi connectivity index (χ1n) is 16.5. The summed E-state index contributed by atoms with van der Waals surface area (Å²) in [6.45, 7) is 4.46. The molecule has 7 aromatic carbocycles. The van der Waals surface area contributed by atoms with E-state index in [1.807, 2.05) is 0 Å². The SMILES string of the molecule is Cc1ccc2c(c1)C1(c3ccccc3-c3ccccc31)c1cc(C)ccc1N2c1ccc2c3cccc4c5ccccc5n(c2c1)c43. The molecule has 47 heavy (non-hydrogen) atoms. The van der Waals surface area contributed by atoms with Crippen molar-refractivity contribution >= 4 is 55.2 Å². The van der Waals surface area contributed by atoms with E-state index >= 15 is 0 Å². The number of hydrogen-bond acceptors (Lipinski definition) is 1. The third-order valence-corrected chi connectivity index (χ3v) is 11.0. The fraction of sp³-hybridized carbons (Fsp3) is 0.0667. The molecule has 0 atom stereocenters. The van der Waals surface area contributed by atoms with Gasteiger partial charge in [0.25, 0.3) is 0 Å². The van der Waals surface area contributed by atoms with Crippen molar-refractivity contribution in [3.63, 3.8) is 0 Å². The molecule has 0 amide bonds. The summed E-state index contributed by atoms with van der Waals surface area (Å²) in [5, 5.41) is 5.22. The van der Waals surface area contributed by atoms with Crippen LogP contribution in [0.2, 0.25) is 0 Å². The maximum absolute atomic E-state index is 2.52. The van der Waals surface area contributed by atoms with Crippen LogP contribution in [-0.2, 0) is 5.41 Å². The van der Waals surface area contributed by atoms with Gasteiger partial charge in [-0.2, -0.15) is 0 Å². The van der Waals surface area contributed by atoms with Crippen LogP contribution in [0.15, 0.2) is 146 Å². The number of nitrogens with zero attached hydrogens (tertiary/aromatic N) is 2. The first kappa shape index (κ1) is 25.3. The van der Waals surface area contributed by atoms with E-state index in [-0.39, 0.29) is 0 Å². The van der Waals surface area contributed by atoms with Crippen LogP contribution in [-0.4, -0.2) is 4.40 Å². The quantitative estimate of drug-likeness (QED) is 0.182. The highest BCUT2D eigenvalue weighted by atomic mass is 15.2. The van der Waals surface area contributed by atoms with Crippen LogP contribution in [0.5, 0.6) is 0 Å². The van der Waals surface area contributed by atoms with Crippen LogP contribution in [0.25, 0.3) is 49.2 Å². The van der Waals surface area contributed by atoms with Gasteiger partial charge in [0.05, 0.1) is 33.3 Å². The summed E-state index contributed by atoms with van der Waals surface area (Å²) in [6.07, 6.45) is 0. The second-order valence-corrected chi connectivity index (χ2v) is 13.5. The van der Waals surface area contributed by atoms with Crippen LogP contribution in [0, 0.1) is 13.8 Å². The number of para-hydroxylation sites is 2. The monoisotopic (exact) mass is 598 g/mol. The van der Waals surface area contributed by atoms with Gasteiger partial charge in [-0.15, -0.1) is 0 Å². The van der Waals surface area contributed by atoms with Gasteiger partial charge < -0.3 is 9.30 Å². The van der Waals surface area contributed by atoms with Gasteiger partial charge in [-0.25, -0.2) is 0 Å². The first-order chi connectivity index (χ1) is 23.1. The summed E-state index contributed by atoms with van der Waals surface area (Å²) < 4.78 is 2.49. The smallest absolute Gasteiger partial charge is 0.0754 e. The number of benzene rings is 7. The van der Waals surface area contributed by atoms with Crippen molar-refractivity contribution in [2.24, 2.45) is 0 Å². The van der Waals surface area contributed by atoms with Gasteiger partial charge in [0.15, 0.2) is 0 Å². The summed E-state index contributed by atoms with van der Waals surface area (Å²) in [5.74, 6) is 0. The second kappa shape index (κ2) is 8.69. The van der Waals surface area contributed by atoms with Crippen LogP contribution in [0.4, 0.5) is 17.1 Å². The Labute approximate surface area is 273 Å². The van der Waals surface area contributed by atoms with E-state index in [1.165, 1.54) is 99.7 Å². The van der Waals surface area contributed by atoms with Gasteiger partial charge in [-0.3, -0.25) is 0 Å². The molecule has 0 radical (unpaired) electrons. The van der Waals surface area contributed by atoms with E-state index in [0.29, 0.717) is 0 Å². The number of anilines is 3. The van der Waals surface area contributed by atoms with Crippen molar-refractivity contribution in [2.45, 2.75) is 19.3 Å². The van der Waals surface area contributed by atoms with Crippen molar-refractivity contribution in [2.75, 3.05) is 4.90 Å². The Morgan fingerprint density at radius 2 is 0.979 bits per heavy atom. The zero-order valence-electron chi connectivity index (χ0n) is 26.3. The third-order valence-electron chi connectivity index (χ3n) is 11.0. The Balaban J connectivity index is 1.27. The Hall–Kier alpha value is -5.86. The first-order valence-corrected chi connectivity index (χ1v) is 16.5. The van der Waals surface area contributed by atoms with Gasteiger partial charge in [-0.1, -0.05) is 126 Å². The Bertz CT molecular complexity index is 2680. The van der Waals surface area contributed by atoms with E-state index < -0.39 is 5.41 Å². The molecule has 2 heteroatoms. The molecule has 220 valence electrons. The lowest BCUT2D eigenvalue weighted by atomic mass is 9.64. The lowest BCUT2D eigenvalue weighted by Gasteiger charge is -2.45. The molecule has 1 aliphatic heterocycles. The van der Waals surface area contributed by atoms with E-state index in [9.17, 15) is 0 Å². The number of rotatable bonds is 1. The zero-order valence-corrected chi connectivity index (χ0v) is 26.3. The summed E-state index contributed by atoms with van der Waals surface area (Å²) in [4.78, 5) is 2.52. The van der Waals surface area contributed by atoms with Gasteiger partial charge in [0.1, 0.15) is 0 Å². The second-order valence-electron chi connectivity index (χ2n) is 13.5. The fourth-order valence-corrected chi connectivity index (χ4v) is 9.22. The van der Waals surface area contributed by atoms with E-state index in [4.69, 9.17) is 0 Å². The third kappa shape index (κ3) is 2.97. The molecule has 0 N–H and O–H groups in total. The minimum absolute atomic E-state index is 0.415. The Morgan fingerprint density at radius 1 is 0.426 bits per heavy atom. The predicted molar refractivity (Wildman–Crippen MR) is 196 cm³/mol. The van der Waals surface area contributed by atoms with E-state index in [0.717, 1.165) is 0 Å². The van der Waals surface area contributed by atoms with Gasteiger partial charge in [0, 0.05) is 27.2 Å². The van der Waals surface area contributed by atoms with Crippen molar-refractivity contribution in [1.29, 1.82) is 0 Å². The van der Waals surface area contributed by atoms with Crippen molar-refractivity contribution in [1.82, 2.24) is 4.40 Å². The van der Waals surface area contributed by atoms with Crippen molar-refractivity contribution in [3.8, 4) is 11.1 Å². The van der Waals surface area contributed by atoms with Crippen LogP contribution < -0.4 is 4.90 Å². The molecule has 2 aliphatic rings. The number of aromatic nitrogens is 1. The number of fused-ring (bicyclic) bond motifs is 15. The molecular weight excluding hydrogens is 569 g/mol. The van der Waals surface area contributed by atoms with Gasteiger partial charge >= 0.3 is 0 Å². The molecule has 9 aromatic rings. The highest BCUT2D eigenvalue weighted by Crippen LogP contribution is 2.63. The van der Waals surface area contributed by atoms with Crippen LogP contribution >= 0.6 is 0 Å². The normalized spacial score (nSPS) is 14.3. The minimum Gasteiger partial charge on any atom is -0.310 e. The molecule has 2 aromatic heterocycles. The highest BCUT2D eigenvalue weighted by molar-refractivity contribution is 6.23. The van der Waals surface area contributed by atoms with Gasteiger partial charge in [-0.05, 0) is 77.6 Å². The maximum Gasteiger partial charge on any atom is 0.0754 e. The fourth-order valence-electron chi connectivity index (χ4n) is 9.22. The lowest BCUT2D eigenvalue weighted by Crippen LogP contribution is -2.36. The van der Waals surface area contributed by atoms with E-state index in [2.05, 4.69) is 169 Å². The highest BCUT2D eigenvalue weighted by Gasteiger charge is 2.51. The summed E-state index contributed by atoms with van der Waals surface area (Å²) in [5.41, 5.74) is 17.6. The molecule has 0 saturated carbocycles. The predicted octanol–water partition coefficient (Wildman–Crippen LogP) is 11.6. The van der Waals surface area contributed by atoms with E-state index in [1.54, 1.807) is 0 Å². The molecule has 0 unspecified atom stereocenters. The molecule has 2 nitrogen and oxygen atoms in total. The average Bonchev–Trinajstić information content (AvgIpc) is 3.73. The summed E-state index contributed by atoms with van der Waals surface area (Å²) in [6, 6.07) is 54.9. The Kier molecular flexibility index (Phi) is 4.68. The lowest BCUT2D eigenvalue weighted by molar-refractivity contribution is 0.750. The molecule has 0 bridgehead atoms.